The fraction of sp³-hybridized carbons (Fsp3) is 0.333. The van der Waals surface area contributed by atoms with Gasteiger partial charge in [-0.2, -0.15) is 0 Å². The topological polar surface area (TPSA) is 47.0 Å². The second-order valence-corrected chi connectivity index (χ2v) is 4.35. The van der Waals surface area contributed by atoms with Crippen molar-refractivity contribution in [2.24, 2.45) is 0 Å². The SMILES string of the molecule is CCCNCc1cnccc1Oc1cccnc1C. The van der Waals surface area contributed by atoms with Crippen molar-refractivity contribution in [3.63, 3.8) is 0 Å². The van der Waals surface area contributed by atoms with Crippen molar-refractivity contribution >= 4 is 0 Å². The third-order valence-corrected chi connectivity index (χ3v) is 2.78. The van der Waals surface area contributed by atoms with Crippen LogP contribution in [-0.2, 0) is 6.54 Å². The zero-order chi connectivity index (χ0) is 13.5. The van der Waals surface area contributed by atoms with Crippen molar-refractivity contribution in [1.82, 2.24) is 15.3 Å². The van der Waals surface area contributed by atoms with E-state index in [2.05, 4.69) is 22.2 Å². The van der Waals surface area contributed by atoms with Gasteiger partial charge in [-0.15, -0.1) is 0 Å². The molecule has 0 radical (unpaired) electrons. The molecule has 2 heterocycles. The van der Waals surface area contributed by atoms with E-state index in [-0.39, 0.29) is 0 Å². The predicted octanol–water partition coefficient (Wildman–Crippen LogP) is 3.08. The third kappa shape index (κ3) is 3.76. The lowest BCUT2D eigenvalue weighted by Crippen LogP contribution is -2.14. The highest BCUT2D eigenvalue weighted by molar-refractivity contribution is 5.37. The van der Waals surface area contributed by atoms with Crippen molar-refractivity contribution in [2.45, 2.75) is 26.8 Å². The minimum absolute atomic E-state index is 0.760. The molecule has 2 aromatic rings. The van der Waals surface area contributed by atoms with Gasteiger partial charge in [-0.3, -0.25) is 9.97 Å². The summed E-state index contributed by atoms with van der Waals surface area (Å²) in [5.74, 6) is 1.61. The minimum atomic E-state index is 0.760. The normalized spacial score (nSPS) is 10.4. The lowest BCUT2D eigenvalue weighted by Gasteiger charge is -2.12. The Morgan fingerprint density at radius 3 is 2.89 bits per heavy atom. The molecular weight excluding hydrogens is 238 g/mol. The molecule has 0 spiro atoms. The van der Waals surface area contributed by atoms with E-state index in [9.17, 15) is 0 Å². The van der Waals surface area contributed by atoms with Gasteiger partial charge >= 0.3 is 0 Å². The number of pyridine rings is 2. The van der Waals surface area contributed by atoms with Crippen LogP contribution in [0.5, 0.6) is 11.5 Å². The summed E-state index contributed by atoms with van der Waals surface area (Å²) in [6.07, 6.45) is 6.45. The molecule has 2 rings (SSSR count). The second kappa shape index (κ2) is 6.85. The molecule has 0 atom stereocenters. The number of rotatable bonds is 6. The molecule has 0 unspecified atom stereocenters. The molecule has 0 aliphatic rings. The highest BCUT2D eigenvalue weighted by Gasteiger charge is 2.06. The van der Waals surface area contributed by atoms with E-state index in [1.807, 2.05) is 31.3 Å². The summed E-state index contributed by atoms with van der Waals surface area (Å²) >= 11 is 0. The van der Waals surface area contributed by atoms with Gasteiger partial charge in [-0.25, -0.2) is 0 Å². The van der Waals surface area contributed by atoms with Crippen LogP contribution < -0.4 is 10.1 Å². The van der Waals surface area contributed by atoms with Crippen LogP contribution in [0.1, 0.15) is 24.6 Å². The molecule has 0 aliphatic carbocycles. The maximum Gasteiger partial charge on any atom is 0.148 e. The van der Waals surface area contributed by atoms with Gasteiger partial charge in [0, 0.05) is 30.7 Å². The van der Waals surface area contributed by atoms with Crippen LogP contribution in [0, 0.1) is 6.92 Å². The summed E-state index contributed by atoms with van der Waals surface area (Å²) in [7, 11) is 0. The first-order valence-corrected chi connectivity index (χ1v) is 6.54. The number of hydrogen-bond donors (Lipinski definition) is 1. The zero-order valence-corrected chi connectivity index (χ0v) is 11.4. The van der Waals surface area contributed by atoms with Crippen LogP contribution in [0.25, 0.3) is 0 Å². The molecule has 0 saturated heterocycles. The monoisotopic (exact) mass is 257 g/mol. The Kier molecular flexibility index (Phi) is 4.86. The fourth-order valence-electron chi connectivity index (χ4n) is 1.74. The molecule has 4 heteroatoms. The molecule has 100 valence electrons. The van der Waals surface area contributed by atoms with Gasteiger partial charge in [0.15, 0.2) is 0 Å². The largest absolute Gasteiger partial charge is 0.455 e. The Morgan fingerprint density at radius 1 is 1.21 bits per heavy atom. The number of nitrogens with one attached hydrogen (secondary N) is 1. The Labute approximate surface area is 113 Å². The van der Waals surface area contributed by atoms with Gasteiger partial charge in [-0.05, 0) is 38.1 Å². The molecule has 0 aliphatic heterocycles. The quantitative estimate of drug-likeness (QED) is 0.808. The Bertz CT molecular complexity index is 528. The van der Waals surface area contributed by atoms with Crippen LogP contribution in [0.3, 0.4) is 0 Å². The van der Waals surface area contributed by atoms with Gasteiger partial charge in [-0.1, -0.05) is 6.92 Å². The van der Waals surface area contributed by atoms with Crippen molar-refractivity contribution in [1.29, 1.82) is 0 Å². The smallest absolute Gasteiger partial charge is 0.148 e. The van der Waals surface area contributed by atoms with Crippen molar-refractivity contribution < 1.29 is 4.74 Å². The Hall–Kier alpha value is -1.94. The van der Waals surface area contributed by atoms with E-state index in [4.69, 9.17) is 4.74 Å². The first kappa shape index (κ1) is 13.5. The summed E-state index contributed by atoms with van der Waals surface area (Å²) in [6.45, 7) is 5.83. The van der Waals surface area contributed by atoms with Crippen LogP contribution in [-0.4, -0.2) is 16.5 Å². The highest BCUT2D eigenvalue weighted by atomic mass is 16.5. The summed E-state index contributed by atoms with van der Waals surface area (Å²) in [5, 5.41) is 3.36. The lowest BCUT2D eigenvalue weighted by molar-refractivity contribution is 0.465. The van der Waals surface area contributed by atoms with Gasteiger partial charge in [0.25, 0.3) is 0 Å². The molecule has 19 heavy (non-hydrogen) atoms. The first-order valence-electron chi connectivity index (χ1n) is 6.54. The molecular formula is C15H19N3O. The van der Waals surface area contributed by atoms with E-state index in [0.29, 0.717) is 0 Å². The summed E-state index contributed by atoms with van der Waals surface area (Å²) in [5.41, 5.74) is 1.94. The van der Waals surface area contributed by atoms with E-state index >= 15 is 0 Å². The van der Waals surface area contributed by atoms with Crippen LogP contribution in [0.15, 0.2) is 36.8 Å². The van der Waals surface area contributed by atoms with Gasteiger partial charge in [0.1, 0.15) is 11.5 Å². The fourth-order valence-corrected chi connectivity index (χ4v) is 1.74. The average Bonchev–Trinajstić information content (AvgIpc) is 2.43. The summed E-state index contributed by atoms with van der Waals surface area (Å²) in [4.78, 5) is 8.38. The van der Waals surface area contributed by atoms with Crippen molar-refractivity contribution in [3.05, 3.63) is 48.0 Å². The van der Waals surface area contributed by atoms with Crippen molar-refractivity contribution in [3.8, 4) is 11.5 Å². The standard InChI is InChI=1S/C15H19N3O/c1-3-7-16-10-13-11-17-9-6-15(13)19-14-5-4-8-18-12(14)2/h4-6,8-9,11,16H,3,7,10H2,1-2H3. The summed E-state index contributed by atoms with van der Waals surface area (Å²) < 4.78 is 5.93. The van der Waals surface area contributed by atoms with E-state index in [1.54, 1.807) is 12.4 Å². The molecule has 0 bridgehead atoms. The van der Waals surface area contributed by atoms with E-state index < -0.39 is 0 Å². The number of ether oxygens (including phenoxy) is 1. The molecule has 4 nitrogen and oxygen atoms in total. The van der Waals surface area contributed by atoms with Crippen molar-refractivity contribution in [2.75, 3.05) is 6.54 Å². The lowest BCUT2D eigenvalue weighted by atomic mass is 10.2. The van der Waals surface area contributed by atoms with Crippen LogP contribution in [0.2, 0.25) is 0 Å². The van der Waals surface area contributed by atoms with Crippen LogP contribution in [0.4, 0.5) is 0 Å². The third-order valence-electron chi connectivity index (χ3n) is 2.78. The molecule has 2 aromatic heterocycles. The minimum Gasteiger partial charge on any atom is -0.455 e. The predicted molar refractivity (Wildman–Crippen MR) is 75.3 cm³/mol. The maximum atomic E-state index is 5.93. The highest BCUT2D eigenvalue weighted by Crippen LogP contribution is 2.25. The Morgan fingerprint density at radius 2 is 2.11 bits per heavy atom. The number of hydrogen-bond acceptors (Lipinski definition) is 4. The molecule has 1 N–H and O–H groups in total. The maximum absolute atomic E-state index is 5.93. The summed E-state index contributed by atoms with van der Waals surface area (Å²) in [6, 6.07) is 5.68. The Balaban J connectivity index is 2.13. The van der Waals surface area contributed by atoms with Gasteiger partial charge in [0.05, 0.1) is 5.69 Å². The second-order valence-electron chi connectivity index (χ2n) is 4.35. The molecule has 0 aromatic carbocycles. The van der Waals surface area contributed by atoms with Gasteiger partial charge in [0.2, 0.25) is 0 Å². The number of nitrogens with zero attached hydrogens (tertiary/aromatic N) is 2. The molecule has 0 amide bonds. The van der Waals surface area contributed by atoms with Gasteiger partial charge < -0.3 is 10.1 Å². The number of aromatic nitrogens is 2. The van der Waals surface area contributed by atoms with E-state index in [1.165, 1.54) is 0 Å². The zero-order valence-electron chi connectivity index (χ0n) is 11.4. The molecule has 0 saturated carbocycles. The van der Waals surface area contributed by atoms with Crippen LogP contribution >= 0.6 is 0 Å². The van der Waals surface area contributed by atoms with E-state index in [0.717, 1.165) is 42.3 Å². The first-order chi connectivity index (χ1) is 9.31. The molecule has 0 fully saturated rings. The number of aryl methyl sites for hydroxylation is 1. The average molecular weight is 257 g/mol.